The topological polar surface area (TPSA) is 38.4 Å². The Kier molecular flexibility index (Phi) is 5.04. The van der Waals surface area contributed by atoms with Gasteiger partial charge in [-0.25, -0.2) is 0 Å². The molecular weight excluding hydrogens is 160 g/mol. The largest absolute Gasteiger partial charge is 0.387 e. The summed E-state index contributed by atoms with van der Waals surface area (Å²) in [7, 11) is 0. The van der Waals surface area contributed by atoms with E-state index in [1.165, 1.54) is 12.8 Å². The van der Waals surface area contributed by atoms with Gasteiger partial charge in [0.1, 0.15) is 0 Å². The Morgan fingerprint density at radius 1 is 1.23 bits per heavy atom. The monoisotopic (exact) mass is 184 g/mol. The molecule has 0 aliphatic rings. The Labute approximate surface area is 82.6 Å². The molecule has 0 aromatic heterocycles. The molecule has 0 heterocycles. The van der Waals surface area contributed by atoms with Crippen LogP contribution in [0.3, 0.4) is 0 Å². The Balaban J connectivity index is 4.10. The summed E-state index contributed by atoms with van der Waals surface area (Å²) in [6, 6.07) is 0. The maximum Gasteiger partial charge on any atom is 0.0991 e. The van der Waals surface area contributed by atoms with E-state index in [2.05, 4.69) is 39.6 Å². The van der Waals surface area contributed by atoms with Gasteiger partial charge in [0.15, 0.2) is 0 Å². The van der Waals surface area contributed by atoms with Crippen molar-refractivity contribution in [1.29, 1.82) is 0 Å². The van der Waals surface area contributed by atoms with Crippen LogP contribution in [-0.4, -0.2) is 12.4 Å². The standard InChI is InChI=1S/C11H24N2/c1-6-9(7-2)8-13-10(12)11(3,4)5/h9H,6-8H2,1-5H3,(H2,12,13). The molecule has 0 aliphatic heterocycles. The molecule has 0 spiro atoms. The number of hydrogen-bond acceptors (Lipinski definition) is 1. The summed E-state index contributed by atoms with van der Waals surface area (Å²) in [5, 5.41) is 0. The van der Waals surface area contributed by atoms with Crippen molar-refractivity contribution in [1.82, 2.24) is 0 Å². The van der Waals surface area contributed by atoms with Gasteiger partial charge < -0.3 is 5.73 Å². The molecule has 0 fully saturated rings. The van der Waals surface area contributed by atoms with Gasteiger partial charge in [0.05, 0.1) is 5.84 Å². The van der Waals surface area contributed by atoms with Gasteiger partial charge in [-0.1, -0.05) is 47.5 Å². The molecule has 2 nitrogen and oxygen atoms in total. The van der Waals surface area contributed by atoms with Gasteiger partial charge in [0, 0.05) is 12.0 Å². The number of nitrogens with zero attached hydrogens (tertiary/aromatic N) is 1. The van der Waals surface area contributed by atoms with Crippen LogP contribution in [-0.2, 0) is 0 Å². The molecule has 0 rings (SSSR count). The lowest BCUT2D eigenvalue weighted by Crippen LogP contribution is -2.29. The summed E-state index contributed by atoms with van der Waals surface area (Å²) in [6.45, 7) is 11.6. The van der Waals surface area contributed by atoms with E-state index in [4.69, 9.17) is 5.73 Å². The highest BCUT2D eigenvalue weighted by Crippen LogP contribution is 2.14. The first-order chi connectivity index (χ1) is 5.91. The average molecular weight is 184 g/mol. The van der Waals surface area contributed by atoms with Crippen molar-refractivity contribution in [3.8, 4) is 0 Å². The molecule has 0 radical (unpaired) electrons. The fourth-order valence-electron chi connectivity index (χ4n) is 1.01. The van der Waals surface area contributed by atoms with Crippen molar-refractivity contribution in [2.75, 3.05) is 6.54 Å². The van der Waals surface area contributed by atoms with E-state index in [0.717, 1.165) is 12.4 Å². The third kappa shape index (κ3) is 4.91. The molecule has 78 valence electrons. The first kappa shape index (κ1) is 12.5. The van der Waals surface area contributed by atoms with Crippen molar-refractivity contribution in [2.45, 2.75) is 47.5 Å². The van der Waals surface area contributed by atoms with E-state index in [0.29, 0.717) is 5.92 Å². The number of nitrogens with two attached hydrogens (primary N) is 1. The molecule has 0 saturated carbocycles. The minimum absolute atomic E-state index is 0.0199. The maximum absolute atomic E-state index is 5.86. The Bertz CT molecular complexity index is 161. The van der Waals surface area contributed by atoms with Crippen molar-refractivity contribution >= 4 is 5.84 Å². The van der Waals surface area contributed by atoms with E-state index < -0.39 is 0 Å². The molecular formula is C11H24N2. The van der Waals surface area contributed by atoms with Crippen molar-refractivity contribution in [2.24, 2.45) is 22.1 Å². The zero-order chi connectivity index (χ0) is 10.5. The summed E-state index contributed by atoms with van der Waals surface area (Å²) < 4.78 is 0. The summed E-state index contributed by atoms with van der Waals surface area (Å²) in [6.07, 6.45) is 2.38. The van der Waals surface area contributed by atoms with Gasteiger partial charge in [-0.3, -0.25) is 4.99 Å². The quantitative estimate of drug-likeness (QED) is 0.529. The third-order valence-electron chi connectivity index (χ3n) is 2.44. The average Bonchev–Trinajstić information content (AvgIpc) is 2.04. The molecule has 0 amide bonds. The fourth-order valence-corrected chi connectivity index (χ4v) is 1.01. The second-order valence-corrected chi connectivity index (χ2v) is 4.66. The van der Waals surface area contributed by atoms with Crippen LogP contribution in [0.25, 0.3) is 0 Å². The number of rotatable bonds is 4. The molecule has 0 unspecified atom stereocenters. The molecule has 2 heteroatoms. The highest BCUT2D eigenvalue weighted by molar-refractivity contribution is 5.85. The van der Waals surface area contributed by atoms with Crippen LogP contribution in [0.5, 0.6) is 0 Å². The molecule has 0 aliphatic carbocycles. The summed E-state index contributed by atoms with van der Waals surface area (Å²) in [5.41, 5.74) is 5.88. The van der Waals surface area contributed by atoms with Crippen molar-refractivity contribution < 1.29 is 0 Å². The Morgan fingerprint density at radius 2 is 1.69 bits per heavy atom. The van der Waals surface area contributed by atoms with Gasteiger partial charge in [-0.15, -0.1) is 0 Å². The lowest BCUT2D eigenvalue weighted by molar-refractivity contribution is 0.498. The van der Waals surface area contributed by atoms with Crippen molar-refractivity contribution in [3.63, 3.8) is 0 Å². The van der Waals surface area contributed by atoms with Crippen LogP contribution in [0.1, 0.15) is 47.5 Å². The van der Waals surface area contributed by atoms with E-state index in [-0.39, 0.29) is 5.41 Å². The molecule has 0 saturated heterocycles. The predicted molar refractivity (Wildman–Crippen MR) is 60.0 cm³/mol. The summed E-state index contributed by atoms with van der Waals surface area (Å²) in [4.78, 5) is 4.43. The minimum atomic E-state index is 0.0199. The van der Waals surface area contributed by atoms with Crippen LogP contribution < -0.4 is 5.73 Å². The highest BCUT2D eigenvalue weighted by atomic mass is 14.9. The first-order valence-corrected chi connectivity index (χ1v) is 5.22. The van der Waals surface area contributed by atoms with E-state index in [1.54, 1.807) is 0 Å². The van der Waals surface area contributed by atoms with Crippen LogP contribution in [0.2, 0.25) is 0 Å². The van der Waals surface area contributed by atoms with Gasteiger partial charge in [-0.05, 0) is 5.92 Å². The maximum atomic E-state index is 5.86. The minimum Gasteiger partial charge on any atom is -0.387 e. The molecule has 0 aromatic carbocycles. The zero-order valence-electron chi connectivity index (χ0n) is 9.72. The second kappa shape index (κ2) is 5.25. The van der Waals surface area contributed by atoms with E-state index >= 15 is 0 Å². The SMILES string of the molecule is CCC(CC)CN=C(N)C(C)(C)C. The number of hydrogen-bond donors (Lipinski definition) is 1. The molecule has 13 heavy (non-hydrogen) atoms. The van der Waals surface area contributed by atoms with Gasteiger partial charge in [-0.2, -0.15) is 0 Å². The summed E-state index contributed by atoms with van der Waals surface area (Å²) >= 11 is 0. The zero-order valence-corrected chi connectivity index (χ0v) is 9.72. The number of amidine groups is 1. The van der Waals surface area contributed by atoms with Gasteiger partial charge >= 0.3 is 0 Å². The smallest absolute Gasteiger partial charge is 0.0991 e. The predicted octanol–water partition coefficient (Wildman–Crippen LogP) is 2.83. The van der Waals surface area contributed by atoms with Crippen molar-refractivity contribution in [3.05, 3.63) is 0 Å². The molecule has 0 aromatic rings. The lowest BCUT2D eigenvalue weighted by Gasteiger charge is -2.18. The fraction of sp³-hybridized carbons (Fsp3) is 0.909. The third-order valence-corrected chi connectivity index (χ3v) is 2.44. The second-order valence-electron chi connectivity index (χ2n) is 4.66. The first-order valence-electron chi connectivity index (χ1n) is 5.22. The van der Waals surface area contributed by atoms with Crippen LogP contribution in [0.15, 0.2) is 4.99 Å². The number of aliphatic imine (C=N–C) groups is 1. The van der Waals surface area contributed by atoms with Crippen LogP contribution >= 0.6 is 0 Å². The Morgan fingerprint density at radius 3 is 2.00 bits per heavy atom. The molecule has 2 N–H and O–H groups in total. The van der Waals surface area contributed by atoms with E-state index in [1.807, 2.05) is 0 Å². The summed E-state index contributed by atoms with van der Waals surface area (Å²) in [5.74, 6) is 1.47. The normalized spacial score (nSPS) is 13.8. The molecule has 0 bridgehead atoms. The van der Waals surface area contributed by atoms with E-state index in [9.17, 15) is 0 Å². The van der Waals surface area contributed by atoms with Gasteiger partial charge in [0.25, 0.3) is 0 Å². The van der Waals surface area contributed by atoms with Crippen LogP contribution in [0.4, 0.5) is 0 Å². The van der Waals surface area contributed by atoms with Gasteiger partial charge in [0.2, 0.25) is 0 Å². The highest BCUT2D eigenvalue weighted by Gasteiger charge is 2.15. The Hall–Kier alpha value is -0.530. The molecule has 0 atom stereocenters. The lowest BCUT2D eigenvalue weighted by atomic mass is 9.95. The van der Waals surface area contributed by atoms with Crippen LogP contribution in [0, 0.1) is 11.3 Å².